The van der Waals surface area contributed by atoms with E-state index in [1.807, 2.05) is 36.5 Å². The number of allylic oxidation sites excluding steroid dienone is 1. The fourth-order valence-electron chi connectivity index (χ4n) is 9.49. The highest BCUT2D eigenvalue weighted by Gasteiger charge is 2.63. The zero-order valence-corrected chi connectivity index (χ0v) is 25.1. The lowest BCUT2D eigenvalue weighted by Crippen LogP contribution is -2.56. The molecule has 0 unspecified atom stereocenters. The molecule has 0 bridgehead atoms. The predicted molar refractivity (Wildman–Crippen MR) is 166 cm³/mol. The Morgan fingerprint density at radius 2 is 1.57 bits per heavy atom. The Morgan fingerprint density at radius 1 is 0.833 bits per heavy atom. The molecule has 0 amide bonds. The molecule has 1 aromatic heterocycles. The quantitative estimate of drug-likeness (QED) is 0.294. The van der Waals surface area contributed by atoms with Crippen LogP contribution in [0.15, 0.2) is 91.1 Å². The average molecular weight is 564 g/mol. The van der Waals surface area contributed by atoms with E-state index in [-0.39, 0.29) is 5.41 Å². The van der Waals surface area contributed by atoms with E-state index >= 15 is 0 Å². The normalized spacial score (nSPS) is 37.0. The van der Waals surface area contributed by atoms with Crippen molar-refractivity contribution in [2.75, 3.05) is 0 Å². The molecule has 3 fully saturated rings. The third-order valence-electron chi connectivity index (χ3n) is 12.0. The van der Waals surface area contributed by atoms with Crippen molar-refractivity contribution in [1.82, 2.24) is 4.98 Å². The van der Waals surface area contributed by atoms with Gasteiger partial charge in [0.15, 0.2) is 0 Å². The monoisotopic (exact) mass is 563 g/mol. The van der Waals surface area contributed by atoms with E-state index in [0.717, 1.165) is 36.5 Å². The van der Waals surface area contributed by atoms with Crippen molar-refractivity contribution in [2.24, 2.45) is 34.5 Å². The van der Waals surface area contributed by atoms with Crippen molar-refractivity contribution in [3.63, 3.8) is 0 Å². The number of aromatic nitrogens is 1. The highest BCUT2D eigenvalue weighted by Crippen LogP contribution is 2.68. The summed E-state index contributed by atoms with van der Waals surface area (Å²) in [7, 11) is 0. The highest BCUT2D eigenvalue weighted by molar-refractivity contribution is 5.37. The van der Waals surface area contributed by atoms with Crippen LogP contribution in [-0.2, 0) is 23.6 Å². The molecule has 3 aromatic rings. The van der Waals surface area contributed by atoms with Crippen LogP contribution >= 0.6 is 0 Å². The third kappa shape index (κ3) is 4.72. The van der Waals surface area contributed by atoms with Crippen molar-refractivity contribution < 1.29 is 14.6 Å². The minimum atomic E-state index is -1.01. The van der Waals surface area contributed by atoms with Gasteiger partial charge in [0.25, 0.3) is 0 Å². The fraction of sp³-hybridized carbons (Fsp3) is 0.500. The number of rotatable bonds is 7. The van der Waals surface area contributed by atoms with Gasteiger partial charge in [0.2, 0.25) is 5.88 Å². The van der Waals surface area contributed by atoms with Crippen LogP contribution in [-0.4, -0.2) is 16.2 Å². The van der Waals surface area contributed by atoms with Crippen LogP contribution in [0.5, 0.6) is 5.88 Å². The van der Waals surface area contributed by atoms with Gasteiger partial charge in [-0.15, -0.1) is 0 Å². The number of fused-ring (bicyclic) bond motifs is 5. The largest absolute Gasteiger partial charge is 0.473 e. The Morgan fingerprint density at radius 3 is 2.29 bits per heavy atom. The van der Waals surface area contributed by atoms with Crippen LogP contribution in [0.25, 0.3) is 0 Å². The summed E-state index contributed by atoms with van der Waals surface area (Å²) in [5.41, 5.74) is 2.40. The summed E-state index contributed by atoms with van der Waals surface area (Å²) in [4.78, 5) is 4.61. The molecule has 2 aromatic carbocycles. The van der Waals surface area contributed by atoms with Gasteiger partial charge in [-0.3, -0.25) is 0 Å². The molecule has 7 rings (SSSR count). The zero-order chi connectivity index (χ0) is 28.8. The van der Waals surface area contributed by atoms with E-state index in [1.54, 1.807) is 0 Å². The Labute approximate surface area is 251 Å². The molecule has 4 heteroatoms. The van der Waals surface area contributed by atoms with E-state index in [2.05, 4.69) is 73.4 Å². The van der Waals surface area contributed by atoms with Crippen molar-refractivity contribution in [3.05, 3.63) is 108 Å². The topological polar surface area (TPSA) is 51.6 Å². The summed E-state index contributed by atoms with van der Waals surface area (Å²) >= 11 is 0. The zero-order valence-electron chi connectivity index (χ0n) is 25.1. The standard InChI is InChI=1S/C38H45NO3/c1-36-20-17-31(41-25-27-9-5-3-6-10-27)23-29(36)13-15-32-33(36)18-21-37(2)34(32)19-22-38(37,40)30-14-16-35(39-24-30)42-26-28-11-7-4-8-12-28/h3-12,14,16,19,22,24,29,31-34,40H,13,15,17-18,20-21,23,25-26H2,1-2H3/t29-,31+,32-,33+,34+,36+,37+,38-/m1/s1. The summed E-state index contributed by atoms with van der Waals surface area (Å²) in [5, 5.41) is 12.3. The van der Waals surface area contributed by atoms with E-state index in [1.165, 1.54) is 37.7 Å². The summed E-state index contributed by atoms with van der Waals surface area (Å²) in [5.74, 6) is 3.05. The number of ether oxygens (including phenoxy) is 2. The second-order valence-corrected chi connectivity index (χ2v) is 14.0. The molecule has 4 nitrogen and oxygen atoms in total. The molecule has 42 heavy (non-hydrogen) atoms. The van der Waals surface area contributed by atoms with Crippen molar-refractivity contribution in [2.45, 2.75) is 83.7 Å². The average Bonchev–Trinajstić information content (AvgIpc) is 3.31. The van der Waals surface area contributed by atoms with Crippen molar-refractivity contribution in [3.8, 4) is 5.88 Å². The molecule has 3 saturated carbocycles. The maximum Gasteiger partial charge on any atom is 0.213 e. The number of benzene rings is 2. The van der Waals surface area contributed by atoms with Crippen molar-refractivity contribution in [1.29, 1.82) is 0 Å². The van der Waals surface area contributed by atoms with Gasteiger partial charge in [0, 0.05) is 23.2 Å². The van der Waals surface area contributed by atoms with Gasteiger partial charge in [0.1, 0.15) is 12.2 Å². The van der Waals surface area contributed by atoms with E-state index in [0.29, 0.717) is 41.8 Å². The molecule has 0 spiro atoms. The summed E-state index contributed by atoms with van der Waals surface area (Å²) in [6, 6.07) is 24.7. The molecule has 0 radical (unpaired) electrons. The van der Waals surface area contributed by atoms with Gasteiger partial charge in [-0.2, -0.15) is 0 Å². The lowest BCUT2D eigenvalue weighted by Gasteiger charge is -2.61. The van der Waals surface area contributed by atoms with Crippen LogP contribution in [0.3, 0.4) is 0 Å². The molecule has 220 valence electrons. The molecule has 1 heterocycles. The number of hydrogen-bond donors (Lipinski definition) is 1. The molecular formula is C38H45NO3. The van der Waals surface area contributed by atoms with Crippen LogP contribution in [0.4, 0.5) is 0 Å². The first-order valence-electron chi connectivity index (χ1n) is 16.1. The molecule has 4 aliphatic rings. The molecular weight excluding hydrogens is 518 g/mol. The minimum Gasteiger partial charge on any atom is -0.473 e. The number of aliphatic hydroxyl groups is 1. The second kappa shape index (κ2) is 11.0. The fourth-order valence-corrected chi connectivity index (χ4v) is 9.49. The first-order valence-corrected chi connectivity index (χ1v) is 16.1. The van der Waals surface area contributed by atoms with Gasteiger partial charge in [-0.25, -0.2) is 4.98 Å². The molecule has 4 aliphatic carbocycles. The second-order valence-electron chi connectivity index (χ2n) is 14.0. The number of hydrogen-bond acceptors (Lipinski definition) is 4. The Kier molecular flexibility index (Phi) is 7.27. The van der Waals surface area contributed by atoms with Gasteiger partial charge >= 0.3 is 0 Å². The Hall–Kier alpha value is -2.95. The number of nitrogens with zero attached hydrogens (tertiary/aromatic N) is 1. The van der Waals surface area contributed by atoms with Gasteiger partial charge < -0.3 is 14.6 Å². The first-order chi connectivity index (χ1) is 20.4. The Bertz CT molecular complexity index is 1390. The maximum atomic E-state index is 12.3. The minimum absolute atomic E-state index is 0.221. The van der Waals surface area contributed by atoms with Crippen LogP contribution < -0.4 is 4.74 Å². The maximum absolute atomic E-state index is 12.3. The number of pyridine rings is 1. The highest BCUT2D eigenvalue weighted by atomic mass is 16.5. The predicted octanol–water partition coefficient (Wildman–Crippen LogP) is 8.25. The summed E-state index contributed by atoms with van der Waals surface area (Å²) in [6.07, 6.45) is 15.0. The lowest BCUT2D eigenvalue weighted by atomic mass is 9.44. The Balaban J connectivity index is 1.02. The van der Waals surface area contributed by atoms with Gasteiger partial charge in [-0.1, -0.05) is 86.7 Å². The van der Waals surface area contributed by atoms with Crippen LogP contribution in [0.1, 0.15) is 75.5 Å². The molecule has 0 aliphatic heterocycles. The third-order valence-corrected chi connectivity index (χ3v) is 12.0. The lowest BCUT2D eigenvalue weighted by molar-refractivity contribution is -0.158. The SMILES string of the molecule is C[C@]12CC[C@H](OCc3ccccc3)C[C@H]1CC[C@@H]1[C@@H]2CC[C@@]2(C)[C@H]1C=C[C@@]2(O)c1ccc(OCc2ccccc2)nc1. The van der Waals surface area contributed by atoms with Crippen LogP contribution in [0.2, 0.25) is 0 Å². The molecule has 8 atom stereocenters. The summed E-state index contributed by atoms with van der Waals surface area (Å²) in [6.45, 7) is 6.13. The first kappa shape index (κ1) is 27.9. The van der Waals surface area contributed by atoms with Crippen LogP contribution in [0, 0.1) is 34.5 Å². The van der Waals surface area contributed by atoms with Crippen molar-refractivity contribution >= 4 is 0 Å². The molecule has 1 N–H and O–H groups in total. The van der Waals surface area contributed by atoms with Gasteiger partial charge in [-0.05, 0) is 91.2 Å². The van der Waals surface area contributed by atoms with Gasteiger partial charge in [0.05, 0.1) is 12.7 Å². The summed E-state index contributed by atoms with van der Waals surface area (Å²) < 4.78 is 12.4. The van der Waals surface area contributed by atoms with E-state index in [9.17, 15) is 5.11 Å². The van der Waals surface area contributed by atoms with E-state index in [4.69, 9.17) is 9.47 Å². The smallest absolute Gasteiger partial charge is 0.213 e. The molecule has 0 saturated heterocycles. The van der Waals surface area contributed by atoms with E-state index < -0.39 is 5.60 Å².